The van der Waals surface area contributed by atoms with Gasteiger partial charge in [-0.2, -0.15) is 0 Å². The first-order valence-electron chi connectivity index (χ1n) is 10.4. The van der Waals surface area contributed by atoms with E-state index in [0.717, 1.165) is 40.1 Å². The van der Waals surface area contributed by atoms with Crippen LogP contribution in [-0.4, -0.2) is 29.7 Å². The van der Waals surface area contributed by atoms with Crippen molar-refractivity contribution in [2.24, 2.45) is 0 Å². The summed E-state index contributed by atoms with van der Waals surface area (Å²) in [6.07, 6.45) is 3.47. The van der Waals surface area contributed by atoms with E-state index in [-0.39, 0.29) is 5.82 Å². The van der Waals surface area contributed by atoms with Gasteiger partial charge in [-0.1, -0.05) is 47.7 Å². The van der Waals surface area contributed by atoms with E-state index in [9.17, 15) is 9.18 Å². The monoisotopic (exact) mass is 462 g/mol. The Kier molecular flexibility index (Phi) is 7.00. The number of hydrogen-bond donors (Lipinski definition) is 1. The molecule has 0 saturated carbocycles. The molecular weight excluding hydrogens is 439 g/mol. The van der Waals surface area contributed by atoms with Gasteiger partial charge in [0, 0.05) is 19.2 Å². The number of nitrogens with zero attached hydrogens (tertiary/aromatic N) is 2. The second-order valence-corrected chi connectivity index (χ2v) is 8.50. The summed E-state index contributed by atoms with van der Waals surface area (Å²) in [6, 6.07) is 20.6. The average molecular weight is 463 g/mol. The van der Waals surface area contributed by atoms with Gasteiger partial charge in [0.1, 0.15) is 11.6 Å². The lowest BCUT2D eigenvalue weighted by Crippen LogP contribution is -2.25. The van der Waals surface area contributed by atoms with Gasteiger partial charge < -0.3 is 14.7 Å². The molecule has 5 nitrogen and oxygen atoms in total. The highest BCUT2D eigenvalue weighted by molar-refractivity contribution is 7.22. The van der Waals surface area contributed by atoms with E-state index in [2.05, 4.69) is 9.88 Å². The first-order valence-corrected chi connectivity index (χ1v) is 11.3. The first kappa shape index (κ1) is 22.5. The van der Waals surface area contributed by atoms with Crippen LogP contribution in [0.3, 0.4) is 0 Å². The molecule has 168 valence electrons. The molecule has 4 aromatic rings. The third-order valence-corrected chi connectivity index (χ3v) is 6.34. The lowest BCUT2D eigenvalue weighted by Gasteiger charge is -2.22. The number of carboxylic acid groups (broad SMARTS) is 1. The van der Waals surface area contributed by atoms with Crippen LogP contribution in [0, 0.1) is 5.82 Å². The zero-order valence-corrected chi connectivity index (χ0v) is 18.9. The lowest BCUT2D eigenvalue weighted by atomic mass is 10.1. The molecule has 4 rings (SSSR count). The van der Waals surface area contributed by atoms with Gasteiger partial charge in [-0.05, 0) is 59.5 Å². The molecule has 0 saturated heterocycles. The van der Waals surface area contributed by atoms with Gasteiger partial charge in [-0.25, -0.2) is 14.2 Å². The Morgan fingerprint density at radius 3 is 2.64 bits per heavy atom. The number of rotatable bonds is 9. The molecule has 1 heterocycles. The maximum Gasteiger partial charge on any atom is 0.328 e. The van der Waals surface area contributed by atoms with Gasteiger partial charge in [0.05, 0.1) is 17.3 Å². The van der Waals surface area contributed by atoms with E-state index < -0.39 is 5.97 Å². The second-order valence-electron chi connectivity index (χ2n) is 7.52. The molecule has 0 aliphatic carbocycles. The van der Waals surface area contributed by atoms with Gasteiger partial charge in [-0.15, -0.1) is 0 Å². The Labute approximate surface area is 195 Å². The highest BCUT2D eigenvalue weighted by atomic mass is 32.1. The van der Waals surface area contributed by atoms with E-state index in [4.69, 9.17) is 9.84 Å². The smallest absolute Gasteiger partial charge is 0.328 e. The van der Waals surface area contributed by atoms with Crippen LogP contribution in [0.15, 0.2) is 72.8 Å². The van der Waals surface area contributed by atoms with Crippen molar-refractivity contribution in [3.05, 3.63) is 95.3 Å². The number of ether oxygens (including phenoxy) is 1. The van der Waals surface area contributed by atoms with E-state index in [1.807, 2.05) is 54.6 Å². The number of halogens is 1. The molecular formula is C26H23FN2O3S. The number of aromatic nitrogens is 1. The molecule has 0 amide bonds. The number of hydrogen-bond acceptors (Lipinski definition) is 5. The topological polar surface area (TPSA) is 62.7 Å². The molecule has 0 radical (unpaired) electrons. The van der Waals surface area contributed by atoms with Crippen LogP contribution in [0.1, 0.15) is 16.7 Å². The molecule has 0 unspecified atom stereocenters. The lowest BCUT2D eigenvalue weighted by molar-refractivity contribution is -0.131. The van der Waals surface area contributed by atoms with Crippen LogP contribution in [0.2, 0.25) is 0 Å². The molecule has 0 aliphatic heterocycles. The molecule has 0 aliphatic rings. The Morgan fingerprint density at radius 1 is 1.12 bits per heavy atom. The summed E-state index contributed by atoms with van der Waals surface area (Å²) in [5.74, 6) is -0.450. The molecule has 33 heavy (non-hydrogen) atoms. The third-order valence-electron chi connectivity index (χ3n) is 5.20. The van der Waals surface area contributed by atoms with Gasteiger partial charge in [0.15, 0.2) is 5.13 Å². The predicted octanol–water partition coefficient (Wildman–Crippen LogP) is 5.79. The van der Waals surface area contributed by atoms with Gasteiger partial charge >= 0.3 is 5.97 Å². The third kappa shape index (κ3) is 5.75. The normalized spacial score (nSPS) is 11.2. The highest BCUT2D eigenvalue weighted by Gasteiger charge is 2.15. The van der Waals surface area contributed by atoms with Crippen LogP contribution in [0.25, 0.3) is 16.3 Å². The standard InChI is InChI=1S/C26H23FN2O3S/c1-32-21-11-8-18(9-12-21)14-15-29(26-28-23-7-3-6-22(27)25(23)33-26)17-20-5-2-4-19(16-20)10-13-24(30)31/h2-13,16H,14-15,17H2,1H3,(H,30,31)/b13-10+. The van der Waals surface area contributed by atoms with E-state index >= 15 is 0 Å². The molecule has 1 aromatic heterocycles. The predicted molar refractivity (Wildman–Crippen MR) is 130 cm³/mol. The summed E-state index contributed by atoms with van der Waals surface area (Å²) in [6.45, 7) is 1.25. The van der Waals surface area contributed by atoms with Crippen molar-refractivity contribution in [2.75, 3.05) is 18.6 Å². The number of carboxylic acids is 1. The van der Waals surface area contributed by atoms with Crippen LogP contribution >= 0.6 is 11.3 Å². The minimum atomic E-state index is -0.988. The number of methoxy groups -OCH3 is 1. The van der Waals surface area contributed by atoms with Crippen molar-refractivity contribution in [3.8, 4) is 5.75 Å². The number of aliphatic carboxylic acids is 1. The fourth-order valence-electron chi connectivity index (χ4n) is 3.52. The Balaban J connectivity index is 1.61. The molecule has 0 spiro atoms. The maximum absolute atomic E-state index is 14.3. The van der Waals surface area contributed by atoms with Gasteiger partial charge in [0.2, 0.25) is 0 Å². The number of thiazole rings is 1. The van der Waals surface area contributed by atoms with Crippen molar-refractivity contribution in [2.45, 2.75) is 13.0 Å². The number of benzene rings is 3. The molecule has 0 bridgehead atoms. The molecule has 3 aromatic carbocycles. The van der Waals surface area contributed by atoms with Crippen LogP contribution in [0.5, 0.6) is 5.75 Å². The van der Waals surface area contributed by atoms with Crippen molar-refractivity contribution >= 4 is 38.7 Å². The maximum atomic E-state index is 14.3. The van der Waals surface area contributed by atoms with Crippen molar-refractivity contribution in [3.63, 3.8) is 0 Å². The summed E-state index contributed by atoms with van der Waals surface area (Å²) in [4.78, 5) is 17.7. The zero-order valence-electron chi connectivity index (χ0n) is 18.1. The Bertz CT molecular complexity index is 1280. The first-order chi connectivity index (χ1) is 16.0. The minimum Gasteiger partial charge on any atom is -0.497 e. The molecule has 0 atom stereocenters. The summed E-state index contributed by atoms with van der Waals surface area (Å²) in [7, 11) is 1.64. The van der Waals surface area contributed by atoms with Crippen molar-refractivity contribution in [1.29, 1.82) is 0 Å². The summed E-state index contributed by atoms with van der Waals surface area (Å²) < 4.78 is 20.1. The second kappa shape index (κ2) is 10.3. The van der Waals surface area contributed by atoms with E-state index in [1.165, 1.54) is 17.4 Å². The molecule has 1 N–H and O–H groups in total. The summed E-state index contributed by atoms with van der Waals surface area (Å²) in [5, 5.41) is 9.65. The number of carbonyl (C=O) groups is 1. The zero-order chi connectivity index (χ0) is 23.2. The van der Waals surface area contributed by atoms with Gasteiger partial charge in [-0.3, -0.25) is 0 Å². The number of fused-ring (bicyclic) bond motifs is 1. The van der Waals surface area contributed by atoms with Gasteiger partial charge in [0.25, 0.3) is 0 Å². The highest BCUT2D eigenvalue weighted by Crippen LogP contribution is 2.32. The van der Waals surface area contributed by atoms with Crippen LogP contribution < -0.4 is 9.64 Å². The number of anilines is 1. The Hall–Kier alpha value is -3.71. The SMILES string of the molecule is COc1ccc(CCN(Cc2cccc(/C=C/C(=O)O)c2)c2nc3cccc(F)c3s2)cc1. The van der Waals surface area contributed by atoms with E-state index in [1.54, 1.807) is 19.3 Å². The van der Waals surface area contributed by atoms with Crippen LogP contribution in [0.4, 0.5) is 9.52 Å². The van der Waals surface area contributed by atoms with E-state index in [0.29, 0.717) is 23.3 Å². The Morgan fingerprint density at radius 2 is 1.91 bits per heavy atom. The fourth-order valence-corrected chi connectivity index (χ4v) is 4.52. The minimum absolute atomic E-state index is 0.271. The van der Waals surface area contributed by atoms with Crippen molar-refractivity contribution < 1.29 is 19.0 Å². The molecule has 0 fully saturated rings. The largest absolute Gasteiger partial charge is 0.497 e. The molecule has 7 heteroatoms. The van der Waals surface area contributed by atoms with Crippen molar-refractivity contribution in [1.82, 2.24) is 4.98 Å². The quantitative estimate of drug-likeness (QED) is 0.319. The summed E-state index contributed by atoms with van der Waals surface area (Å²) in [5.41, 5.74) is 3.62. The summed E-state index contributed by atoms with van der Waals surface area (Å²) >= 11 is 1.34. The van der Waals surface area contributed by atoms with Crippen LogP contribution in [-0.2, 0) is 17.8 Å². The fraction of sp³-hybridized carbons (Fsp3) is 0.154. The average Bonchev–Trinajstić information content (AvgIpc) is 3.27.